The number of nitrogens with one attached hydrogen (secondary N) is 1. The lowest BCUT2D eigenvalue weighted by molar-refractivity contribution is -0.145. The summed E-state index contributed by atoms with van der Waals surface area (Å²) in [5.41, 5.74) is 4.24. The van der Waals surface area contributed by atoms with E-state index in [1.807, 2.05) is 47.2 Å². The van der Waals surface area contributed by atoms with Crippen molar-refractivity contribution in [2.24, 2.45) is 0 Å². The molecular formula is C25H33ClN4O2. The predicted octanol–water partition coefficient (Wildman–Crippen LogP) is 4.15. The minimum Gasteiger partial charge on any atom is -0.355 e. The van der Waals surface area contributed by atoms with Crippen LogP contribution in [0.3, 0.4) is 0 Å². The van der Waals surface area contributed by atoms with Crippen molar-refractivity contribution in [3.8, 4) is 0 Å². The zero-order chi connectivity index (χ0) is 23.1. The molecule has 0 unspecified atom stereocenters. The Bertz CT molecular complexity index is 924. The van der Waals surface area contributed by atoms with Gasteiger partial charge in [0.15, 0.2) is 0 Å². The van der Waals surface area contributed by atoms with Crippen LogP contribution in [0.2, 0.25) is 5.02 Å². The molecule has 0 saturated carbocycles. The quantitative estimate of drug-likeness (QED) is 0.545. The molecule has 3 rings (SSSR count). The number of hydrazine groups is 1. The molecule has 1 aliphatic heterocycles. The second kappa shape index (κ2) is 11.3. The van der Waals surface area contributed by atoms with E-state index in [0.29, 0.717) is 24.7 Å². The first-order valence-electron chi connectivity index (χ1n) is 11.2. The van der Waals surface area contributed by atoms with Crippen molar-refractivity contribution in [1.82, 2.24) is 15.3 Å². The molecule has 0 bridgehead atoms. The maximum Gasteiger partial charge on any atom is 0.256 e. The van der Waals surface area contributed by atoms with Crippen LogP contribution in [0.4, 0.5) is 5.69 Å². The predicted molar refractivity (Wildman–Crippen MR) is 129 cm³/mol. The summed E-state index contributed by atoms with van der Waals surface area (Å²) in [5, 5.41) is 7.25. The number of anilines is 1. The van der Waals surface area contributed by atoms with E-state index in [-0.39, 0.29) is 24.9 Å². The molecule has 2 aromatic carbocycles. The van der Waals surface area contributed by atoms with Crippen molar-refractivity contribution >= 4 is 29.1 Å². The number of unbranched alkanes of at least 4 members (excludes halogenated alkanes) is 2. The first-order chi connectivity index (χ1) is 15.4. The Labute approximate surface area is 196 Å². The molecule has 0 aromatic heterocycles. The number of halogens is 1. The van der Waals surface area contributed by atoms with E-state index >= 15 is 0 Å². The van der Waals surface area contributed by atoms with Gasteiger partial charge in [0.1, 0.15) is 0 Å². The average Bonchev–Trinajstić information content (AvgIpc) is 3.21. The van der Waals surface area contributed by atoms with Gasteiger partial charge in [-0.2, -0.15) is 0 Å². The fourth-order valence-electron chi connectivity index (χ4n) is 3.93. The third-order valence-corrected chi connectivity index (χ3v) is 6.12. The molecular weight excluding hydrogens is 424 g/mol. The molecule has 0 atom stereocenters. The molecule has 32 heavy (non-hydrogen) atoms. The molecule has 0 spiro atoms. The minimum atomic E-state index is -0.0930. The summed E-state index contributed by atoms with van der Waals surface area (Å²) < 4.78 is 0. The number of likely N-dealkylation sites (N-methyl/N-ethyl adjacent to an activating group) is 1. The number of benzene rings is 2. The lowest BCUT2D eigenvalue weighted by Gasteiger charge is -2.32. The third-order valence-electron chi connectivity index (χ3n) is 5.88. The Morgan fingerprint density at radius 1 is 1.06 bits per heavy atom. The van der Waals surface area contributed by atoms with E-state index in [1.54, 1.807) is 12.1 Å². The second-order valence-corrected chi connectivity index (χ2v) is 8.79. The van der Waals surface area contributed by atoms with Gasteiger partial charge in [0.25, 0.3) is 5.91 Å². The van der Waals surface area contributed by atoms with Gasteiger partial charge in [-0.3, -0.25) is 14.6 Å². The lowest BCUT2D eigenvalue weighted by atomic mass is 10.1. The number of aryl methyl sites for hydroxylation is 1. The zero-order valence-corrected chi connectivity index (χ0v) is 20.0. The minimum absolute atomic E-state index is 0.0732. The molecule has 1 aliphatic rings. The van der Waals surface area contributed by atoms with Gasteiger partial charge >= 0.3 is 0 Å². The summed E-state index contributed by atoms with van der Waals surface area (Å²) in [6.07, 6.45) is 3.14. The molecule has 2 amide bonds. The molecule has 0 radical (unpaired) electrons. The van der Waals surface area contributed by atoms with E-state index in [2.05, 4.69) is 24.4 Å². The van der Waals surface area contributed by atoms with Crippen molar-refractivity contribution in [3.05, 3.63) is 64.2 Å². The molecule has 0 aliphatic carbocycles. The fourth-order valence-corrected chi connectivity index (χ4v) is 4.10. The summed E-state index contributed by atoms with van der Waals surface area (Å²) in [5.74, 6) is -0.166. The smallest absolute Gasteiger partial charge is 0.256 e. The Hall–Kier alpha value is -2.57. The highest BCUT2D eigenvalue weighted by Crippen LogP contribution is 2.26. The highest BCUT2D eigenvalue weighted by atomic mass is 35.5. The Morgan fingerprint density at radius 2 is 1.75 bits per heavy atom. The SMILES string of the molecule is CCCCCNC(=O)CN(CC(=O)N(C)N1Cc2ccccc2C1)c1cc(Cl)ccc1C. The maximum absolute atomic E-state index is 13.2. The third kappa shape index (κ3) is 6.24. The van der Waals surface area contributed by atoms with Crippen molar-refractivity contribution in [2.75, 3.05) is 31.6 Å². The molecule has 0 saturated heterocycles. The molecule has 7 heteroatoms. The topological polar surface area (TPSA) is 55.9 Å². The van der Waals surface area contributed by atoms with Crippen LogP contribution in [0.25, 0.3) is 0 Å². The normalized spacial score (nSPS) is 13.0. The summed E-state index contributed by atoms with van der Waals surface area (Å²) in [6, 6.07) is 13.8. The van der Waals surface area contributed by atoms with E-state index in [1.165, 1.54) is 11.1 Å². The Morgan fingerprint density at radius 3 is 2.41 bits per heavy atom. The average molecular weight is 457 g/mol. The first-order valence-corrected chi connectivity index (χ1v) is 11.6. The van der Waals surface area contributed by atoms with Crippen molar-refractivity contribution in [1.29, 1.82) is 0 Å². The van der Waals surface area contributed by atoms with Crippen molar-refractivity contribution < 1.29 is 9.59 Å². The van der Waals surface area contributed by atoms with E-state index < -0.39 is 0 Å². The number of amides is 2. The van der Waals surface area contributed by atoms with Gasteiger partial charge in [0.2, 0.25) is 5.91 Å². The molecule has 1 heterocycles. The van der Waals surface area contributed by atoms with Gasteiger partial charge in [-0.15, -0.1) is 0 Å². The Balaban J connectivity index is 1.69. The van der Waals surface area contributed by atoms with Gasteiger partial charge in [0.05, 0.1) is 13.1 Å². The molecule has 0 fully saturated rings. The Kier molecular flexibility index (Phi) is 8.53. The van der Waals surface area contributed by atoms with Crippen LogP contribution in [0.15, 0.2) is 42.5 Å². The lowest BCUT2D eigenvalue weighted by Crippen LogP contribution is -2.48. The number of nitrogens with zero attached hydrogens (tertiary/aromatic N) is 3. The zero-order valence-electron chi connectivity index (χ0n) is 19.2. The monoisotopic (exact) mass is 456 g/mol. The van der Waals surface area contributed by atoms with Crippen LogP contribution in [-0.2, 0) is 22.7 Å². The van der Waals surface area contributed by atoms with Gasteiger partial charge in [-0.25, -0.2) is 5.01 Å². The largest absolute Gasteiger partial charge is 0.355 e. The first kappa shape index (κ1) is 24.1. The highest BCUT2D eigenvalue weighted by molar-refractivity contribution is 6.30. The molecule has 6 nitrogen and oxygen atoms in total. The summed E-state index contributed by atoms with van der Waals surface area (Å²) in [7, 11) is 1.79. The standard InChI is InChI=1S/C25H33ClN4O2/c1-4-5-8-13-27-24(31)17-29(23-14-22(26)12-11-19(23)2)18-25(32)28(3)30-15-20-9-6-7-10-21(20)16-30/h6-7,9-12,14H,4-5,8,13,15-18H2,1-3H3,(H,27,31). The highest BCUT2D eigenvalue weighted by Gasteiger charge is 2.27. The number of carbonyl (C=O) groups is 2. The van der Waals surface area contributed by atoms with Crippen molar-refractivity contribution in [2.45, 2.75) is 46.2 Å². The molecule has 1 N–H and O–H groups in total. The number of fused-ring (bicyclic) bond motifs is 1. The molecule has 172 valence electrons. The number of carbonyl (C=O) groups excluding carboxylic acids is 2. The van der Waals surface area contributed by atoms with E-state index in [9.17, 15) is 9.59 Å². The maximum atomic E-state index is 13.2. The van der Waals surface area contributed by atoms with Gasteiger partial charge in [-0.05, 0) is 42.2 Å². The number of rotatable bonds is 10. The van der Waals surface area contributed by atoms with Crippen LogP contribution in [0.1, 0.15) is 42.9 Å². The molecule has 2 aromatic rings. The van der Waals surface area contributed by atoms with E-state index in [4.69, 9.17) is 11.6 Å². The fraction of sp³-hybridized carbons (Fsp3) is 0.440. The van der Waals surface area contributed by atoms with Crippen molar-refractivity contribution in [3.63, 3.8) is 0 Å². The van der Waals surface area contributed by atoms with Crippen LogP contribution < -0.4 is 10.2 Å². The number of hydrogen-bond acceptors (Lipinski definition) is 4. The van der Waals surface area contributed by atoms with Crippen LogP contribution in [-0.4, -0.2) is 48.5 Å². The van der Waals surface area contributed by atoms with Gasteiger partial charge in [0, 0.05) is 37.4 Å². The summed E-state index contributed by atoms with van der Waals surface area (Å²) in [4.78, 5) is 27.7. The second-order valence-electron chi connectivity index (χ2n) is 8.35. The van der Waals surface area contributed by atoms with Gasteiger partial charge < -0.3 is 10.2 Å². The van der Waals surface area contributed by atoms with Crippen LogP contribution in [0.5, 0.6) is 0 Å². The van der Waals surface area contributed by atoms with Crippen LogP contribution in [0, 0.1) is 6.92 Å². The van der Waals surface area contributed by atoms with Gasteiger partial charge in [-0.1, -0.05) is 61.7 Å². The van der Waals surface area contributed by atoms with Crippen LogP contribution >= 0.6 is 11.6 Å². The number of hydrogen-bond donors (Lipinski definition) is 1. The summed E-state index contributed by atoms with van der Waals surface area (Å²) in [6.45, 7) is 6.34. The van der Waals surface area contributed by atoms with E-state index in [0.717, 1.165) is 30.5 Å². The summed E-state index contributed by atoms with van der Waals surface area (Å²) >= 11 is 6.24.